The van der Waals surface area contributed by atoms with Crippen molar-refractivity contribution in [2.45, 2.75) is 25.6 Å². The fraction of sp³-hybridized carbons (Fsp3) is 0.500. The largest absolute Gasteiger partial charge is 0.397 e. The summed E-state index contributed by atoms with van der Waals surface area (Å²) in [4.78, 5) is 23.7. The van der Waals surface area contributed by atoms with Gasteiger partial charge >= 0.3 is 6.18 Å². The smallest absolute Gasteiger partial charge is 0.353 e. The minimum absolute atomic E-state index is 0.214. The second kappa shape index (κ2) is 7.41. The molecule has 0 unspecified atom stereocenters. The van der Waals surface area contributed by atoms with Gasteiger partial charge in [-0.3, -0.25) is 9.48 Å². The lowest BCUT2D eigenvalue weighted by molar-refractivity contribution is -0.163. The van der Waals surface area contributed by atoms with Crippen LogP contribution in [0, 0.1) is 0 Å². The summed E-state index contributed by atoms with van der Waals surface area (Å²) in [5, 5.41) is 7.10. The van der Waals surface area contributed by atoms with Gasteiger partial charge in [0.2, 0.25) is 11.9 Å². The number of hydrogen-bond acceptors (Lipinski definition) is 6. The number of nitrogens with zero attached hydrogens (tertiary/aromatic N) is 6. The molecule has 0 radical (unpaired) electrons. The third-order valence-corrected chi connectivity index (χ3v) is 4.23. The summed E-state index contributed by atoms with van der Waals surface area (Å²) in [6.45, 7) is 2.74. The van der Waals surface area contributed by atoms with E-state index in [4.69, 9.17) is 0 Å². The van der Waals surface area contributed by atoms with Crippen molar-refractivity contribution in [3.05, 3.63) is 24.7 Å². The number of alkyl halides is 3. The van der Waals surface area contributed by atoms with Crippen molar-refractivity contribution < 1.29 is 18.0 Å². The van der Waals surface area contributed by atoms with Gasteiger partial charge in [0.25, 0.3) is 0 Å². The molecular formula is C16H20F3N7O. The number of nitrogens with one attached hydrogen (secondary N) is 1. The van der Waals surface area contributed by atoms with E-state index in [0.29, 0.717) is 24.9 Å². The van der Waals surface area contributed by atoms with Gasteiger partial charge in [-0.25, -0.2) is 4.98 Å². The normalized spacial score (nSPS) is 17.9. The number of halogens is 3. The number of aromatic nitrogens is 4. The van der Waals surface area contributed by atoms with E-state index in [0.717, 1.165) is 5.69 Å². The zero-order valence-electron chi connectivity index (χ0n) is 14.9. The van der Waals surface area contributed by atoms with Crippen LogP contribution >= 0.6 is 0 Å². The number of anilines is 3. The standard InChI is InChI=1S/C16H20F3N7O/c1-11-9-25(5-6-26(11)14(27)7-16(17,18)19)13-3-4-20-15(23-13)22-12-8-21-24(2)10-12/h3-4,8,10-11H,5-7,9H2,1-2H3,(H,20,22,23)/t11-/m0/s1. The van der Waals surface area contributed by atoms with Gasteiger partial charge in [0.1, 0.15) is 12.2 Å². The first kappa shape index (κ1) is 18.9. The highest BCUT2D eigenvalue weighted by atomic mass is 19.4. The Morgan fingerprint density at radius 3 is 2.78 bits per heavy atom. The van der Waals surface area contributed by atoms with Crippen LogP contribution in [0.1, 0.15) is 13.3 Å². The highest BCUT2D eigenvalue weighted by Gasteiger charge is 2.36. The van der Waals surface area contributed by atoms with Gasteiger partial charge < -0.3 is 15.1 Å². The Bertz CT molecular complexity index is 807. The third-order valence-electron chi connectivity index (χ3n) is 4.23. The van der Waals surface area contributed by atoms with Gasteiger partial charge in [0, 0.05) is 45.1 Å². The van der Waals surface area contributed by atoms with Crippen LogP contribution in [-0.4, -0.2) is 62.4 Å². The molecule has 27 heavy (non-hydrogen) atoms. The van der Waals surface area contributed by atoms with Crippen LogP contribution in [0.3, 0.4) is 0 Å². The molecule has 1 fully saturated rings. The van der Waals surface area contributed by atoms with E-state index < -0.39 is 18.5 Å². The van der Waals surface area contributed by atoms with Gasteiger partial charge in [-0.2, -0.15) is 23.3 Å². The van der Waals surface area contributed by atoms with Crippen LogP contribution < -0.4 is 10.2 Å². The molecule has 0 bridgehead atoms. The van der Waals surface area contributed by atoms with Crippen molar-refractivity contribution in [2.75, 3.05) is 29.9 Å². The molecule has 1 atom stereocenters. The minimum atomic E-state index is -4.49. The SMILES string of the molecule is C[C@H]1CN(c2ccnc(Nc3cnn(C)c3)n2)CCN1C(=O)CC(F)(F)F. The van der Waals surface area contributed by atoms with Crippen molar-refractivity contribution in [2.24, 2.45) is 7.05 Å². The van der Waals surface area contributed by atoms with Gasteiger partial charge in [0.05, 0.1) is 11.9 Å². The molecule has 3 heterocycles. The summed E-state index contributed by atoms with van der Waals surface area (Å²) in [6, 6.07) is 1.38. The number of carbonyl (C=O) groups excluding carboxylic acids is 1. The summed E-state index contributed by atoms with van der Waals surface area (Å²) < 4.78 is 39.0. The average Bonchev–Trinajstić information content (AvgIpc) is 2.98. The monoisotopic (exact) mass is 383 g/mol. The molecule has 1 saturated heterocycles. The Hall–Kier alpha value is -2.85. The molecule has 8 nitrogen and oxygen atoms in total. The zero-order chi connectivity index (χ0) is 19.6. The van der Waals surface area contributed by atoms with E-state index in [9.17, 15) is 18.0 Å². The maximum Gasteiger partial charge on any atom is 0.397 e. The van der Waals surface area contributed by atoms with Crippen LogP contribution in [0.2, 0.25) is 0 Å². The Balaban J connectivity index is 1.65. The fourth-order valence-electron chi connectivity index (χ4n) is 3.01. The lowest BCUT2D eigenvalue weighted by Crippen LogP contribution is -2.54. The second-order valence-electron chi connectivity index (χ2n) is 6.44. The molecule has 146 valence electrons. The molecular weight excluding hydrogens is 363 g/mol. The average molecular weight is 383 g/mol. The lowest BCUT2D eigenvalue weighted by atomic mass is 10.1. The van der Waals surface area contributed by atoms with E-state index >= 15 is 0 Å². The maximum absolute atomic E-state index is 12.5. The third kappa shape index (κ3) is 4.86. The number of piperazine rings is 1. The topological polar surface area (TPSA) is 79.2 Å². The number of carbonyl (C=O) groups is 1. The Labute approximate surface area is 154 Å². The predicted octanol–water partition coefficient (Wildman–Crippen LogP) is 1.94. The van der Waals surface area contributed by atoms with E-state index in [1.165, 1.54) is 4.90 Å². The van der Waals surface area contributed by atoms with Crippen LogP contribution in [0.15, 0.2) is 24.7 Å². The van der Waals surface area contributed by atoms with Gasteiger partial charge in [-0.05, 0) is 13.0 Å². The van der Waals surface area contributed by atoms with Crippen molar-refractivity contribution in [1.82, 2.24) is 24.6 Å². The predicted molar refractivity (Wildman–Crippen MR) is 92.6 cm³/mol. The summed E-state index contributed by atoms with van der Waals surface area (Å²) in [5.41, 5.74) is 0.741. The molecule has 0 spiro atoms. The Morgan fingerprint density at radius 2 is 2.15 bits per heavy atom. The van der Waals surface area contributed by atoms with Crippen LogP contribution in [0.5, 0.6) is 0 Å². The number of aryl methyl sites for hydroxylation is 1. The molecule has 1 amide bonds. The molecule has 0 aliphatic carbocycles. The van der Waals surface area contributed by atoms with Crippen LogP contribution in [0.4, 0.5) is 30.6 Å². The summed E-state index contributed by atoms with van der Waals surface area (Å²) in [6.07, 6.45) is -0.892. The van der Waals surface area contributed by atoms with Crippen LogP contribution in [0.25, 0.3) is 0 Å². The molecule has 0 aromatic carbocycles. The molecule has 2 aromatic heterocycles. The number of amides is 1. The molecule has 1 aliphatic heterocycles. The van der Waals surface area contributed by atoms with Crippen molar-refractivity contribution in [1.29, 1.82) is 0 Å². The van der Waals surface area contributed by atoms with Crippen molar-refractivity contribution in [3.63, 3.8) is 0 Å². The molecule has 0 saturated carbocycles. The van der Waals surface area contributed by atoms with Gasteiger partial charge in [-0.1, -0.05) is 0 Å². The van der Waals surface area contributed by atoms with Crippen LogP contribution in [-0.2, 0) is 11.8 Å². The van der Waals surface area contributed by atoms with E-state index in [2.05, 4.69) is 20.4 Å². The quantitative estimate of drug-likeness (QED) is 0.869. The fourth-order valence-corrected chi connectivity index (χ4v) is 3.01. The number of hydrogen-bond donors (Lipinski definition) is 1. The zero-order valence-corrected chi connectivity index (χ0v) is 14.9. The first-order valence-corrected chi connectivity index (χ1v) is 8.41. The van der Waals surface area contributed by atoms with Gasteiger partial charge in [0.15, 0.2) is 0 Å². The summed E-state index contributed by atoms with van der Waals surface area (Å²) in [5.74, 6) is 0.145. The highest BCUT2D eigenvalue weighted by Crippen LogP contribution is 2.24. The molecule has 1 aliphatic rings. The molecule has 2 aromatic rings. The Morgan fingerprint density at radius 1 is 1.37 bits per heavy atom. The van der Waals surface area contributed by atoms with E-state index in [1.54, 1.807) is 43.3 Å². The van der Waals surface area contributed by atoms with Crippen molar-refractivity contribution in [3.8, 4) is 0 Å². The number of rotatable bonds is 4. The summed E-state index contributed by atoms with van der Waals surface area (Å²) in [7, 11) is 1.80. The maximum atomic E-state index is 12.5. The first-order chi connectivity index (χ1) is 12.7. The second-order valence-corrected chi connectivity index (χ2v) is 6.44. The van der Waals surface area contributed by atoms with E-state index in [-0.39, 0.29) is 12.6 Å². The molecule has 3 rings (SSSR count). The van der Waals surface area contributed by atoms with Gasteiger partial charge in [-0.15, -0.1) is 0 Å². The first-order valence-electron chi connectivity index (χ1n) is 8.41. The molecule has 1 N–H and O–H groups in total. The minimum Gasteiger partial charge on any atom is -0.353 e. The molecule has 11 heteroatoms. The highest BCUT2D eigenvalue weighted by molar-refractivity contribution is 5.77. The Kier molecular flexibility index (Phi) is 5.19. The lowest BCUT2D eigenvalue weighted by Gasteiger charge is -2.40. The summed E-state index contributed by atoms with van der Waals surface area (Å²) >= 11 is 0. The van der Waals surface area contributed by atoms with E-state index in [1.807, 2.05) is 4.90 Å². The van der Waals surface area contributed by atoms with Crippen molar-refractivity contribution >= 4 is 23.4 Å².